The van der Waals surface area contributed by atoms with Crippen molar-refractivity contribution in [2.75, 3.05) is 36.9 Å². The lowest BCUT2D eigenvalue weighted by atomic mass is 10.0. The molecule has 1 aromatic rings. The standard InChI is InChI=1S/C17H25FN4O3/c1-12(24)20-16-10-13(5-6-15(16)18)21-17(25)19-7-9-22-8-3-2-4-14(22)11-23/h5-6,10,14,23H,2-4,7-9,11H2,1H3,(H,20,24)(H2,19,21,25)/t14-/m1/s1. The van der Waals surface area contributed by atoms with Crippen molar-refractivity contribution >= 4 is 23.3 Å². The van der Waals surface area contributed by atoms with E-state index >= 15 is 0 Å². The van der Waals surface area contributed by atoms with Crippen LogP contribution in [0.1, 0.15) is 26.2 Å². The van der Waals surface area contributed by atoms with Gasteiger partial charge in [0.25, 0.3) is 0 Å². The molecule has 3 amide bonds. The Morgan fingerprint density at radius 2 is 2.12 bits per heavy atom. The van der Waals surface area contributed by atoms with Gasteiger partial charge in [0.1, 0.15) is 5.82 Å². The molecule has 0 spiro atoms. The molecule has 138 valence electrons. The molecule has 1 heterocycles. The zero-order valence-corrected chi connectivity index (χ0v) is 14.3. The highest BCUT2D eigenvalue weighted by Gasteiger charge is 2.21. The number of amides is 3. The van der Waals surface area contributed by atoms with Crippen molar-refractivity contribution in [1.82, 2.24) is 10.2 Å². The van der Waals surface area contributed by atoms with Crippen LogP contribution >= 0.6 is 0 Å². The van der Waals surface area contributed by atoms with Gasteiger partial charge < -0.3 is 21.1 Å². The Bertz CT molecular complexity index is 612. The largest absolute Gasteiger partial charge is 0.395 e. The quantitative estimate of drug-likeness (QED) is 0.627. The number of halogens is 1. The second kappa shape index (κ2) is 9.33. The predicted molar refractivity (Wildman–Crippen MR) is 94.0 cm³/mol. The molecule has 25 heavy (non-hydrogen) atoms. The number of nitrogens with zero attached hydrogens (tertiary/aromatic N) is 1. The van der Waals surface area contributed by atoms with Crippen LogP contribution in [0.3, 0.4) is 0 Å². The van der Waals surface area contributed by atoms with Crippen molar-refractivity contribution in [3.05, 3.63) is 24.0 Å². The molecular weight excluding hydrogens is 327 g/mol. The van der Waals surface area contributed by atoms with Crippen molar-refractivity contribution in [3.63, 3.8) is 0 Å². The van der Waals surface area contributed by atoms with Crippen LogP contribution in [0.5, 0.6) is 0 Å². The number of anilines is 2. The van der Waals surface area contributed by atoms with Crippen LogP contribution in [0.15, 0.2) is 18.2 Å². The number of aliphatic hydroxyl groups is 1. The van der Waals surface area contributed by atoms with E-state index in [1.807, 2.05) is 0 Å². The second-order valence-electron chi connectivity index (χ2n) is 6.12. The number of nitrogens with one attached hydrogen (secondary N) is 3. The molecule has 7 nitrogen and oxygen atoms in total. The van der Waals surface area contributed by atoms with E-state index in [1.54, 1.807) is 0 Å². The lowest BCUT2D eigenvalue weighted by Crippen LogP contribution is -2.46. The molecule has 0 bridgehead atoms. The van der Waals surface area contributed by atoms with Crippen LogP contribution in [0, 0.1) is 5.82 Å². The number of hydrogen-bond acceptors (Lipinski definition) is 4. The fraction of sp³-hybridized carbons (Fsp3) is 0.529. The number of piperidine rings is 1. The maximum atomic E-state index is 13.6. The molecule has 1 aromatic carbocycles. The van der Waals surface area contributed by atoms with E-state index in [0.29, 0.717) is 18.8 Å². The number of urea groups is 1. The van der Waals surface area contributed by atoms with Crippen LogP contribution in [0.25, 0.3) is 0 Å². The van der Waals surface area contributed by atoms with Crippen molar-refractivity contribution < 1.29 is 19.1 Å². The van der Waals surface area contributed by atoms with Gasteiger partial charge in [0.05, 0.1) is 12.3 Å². The van der Waals surface area contributed by atoms with E-state index in [9.17, 15) is 19.1 Å². The van der Waals surface area contributed by atoms with Gasteiger partial charge in [0, 0.05) is 31.7 Å². The summed E-state index contributed by atoms with van der Waals surface area (Å²) < 4.78 is 13.6. The average molecular weight is 352 g/mol. The van der Waals surface area contributed by atoms with Crippen LogP contribution < -0.4 is 16.0 Å². The third kappa shape index (κ3) is 5.99. The highest BCUT2D eigenvalue weighted by molar-refractivity contribution is 5.92. The predicted octanol–water partition coefficient (Wildman–Crippen LogP) is 1.75. The molecule has 0 radical (unpaired) electrons. The minimum Gasteiger partial charge on any atom is -0.395 e. The molecule has 0 aromatic heterocycles. The average Bonchev–Trinajstić information content (AvgIpc) is 2.58. The normalized spacial score (nSPS) is 17.8. The smallest absolute Gasteiger partial charge is 0.319 e. The molecule has 0 aliphatic carbocycles. The van der Waals surface area contributed by atoms with Gasteiger partial charge >= 0.3 is 6.03 Å². The van der Waals surface area contributed by atoms with Gasteiger partial charge in [0.15, 0.2) is 0 Å². The number of carbonyl (C=O) groups is 2. The number of likely N-dealkylation sites (tertiary alicyclic amines) is 1. The maximum absolute atomic E-state index is 13.6. The molecule has 0 saturated carbocycles. The fourth-order valence-corrected chi connectivity index (χ4v) is 2.94. The van der Waals surface area contributed by atoms with E-state index < -0.39 is 11.8 Å². The summed E-state index contributed by atoms with van der Waals surface area (Å²) in [6.45, 7) is 3.45. The van der Waals surface area contributed by atoms with Gasteiger partial charge in [-0.1, -0.05) is 6.42 Å². The summed E-state index contributed by atoms with van der Waals surface area (Å²) in [7, 11) is 0. The lowest BCUT2D eigenvalue weighted by molar-refractivity contribution is -0.114. The number of rotatable bonds is 6. The number of carbonyl (C=O) groups excluding carboxylic acids is 2. The van der Waals surface area contributed by atoms with E-state index in [2.05, 4.69) is 20.9 Å². The summed E-state index contributed by atoms with van der Waals surface area (Å²) in [5.74, 6) is -0.957. The number of benzene rings is 1. The highest BCUT2D eigenvalue weighted by atomic mass is 19.1. The first-order chi connectivity index (χ1) is 12.0. The first-order valence-corrected chi connectivity index (χ1v) is 8.46. The molecule has 1 aliphatic heterocycles. The van der Waals surface area contributed by atoms with E-state index in [4.69, 9.17) is 0 Å². The molecule has 1 aliphatic rings. The van der Waals surface area contributed by atoms with Crippen molar-refractivity contribution in [1.29, 1.82) is 0 Å². The van der Waals surface area contributed by atoms with Crippen LogP contribution in [-0.4, -0.2) is 54.2 Å². The van der Waals surface area contributed by atoms with E-state index in [1.165, 1.54) is 25.1 Å². The van der Waals surface area contributed by atoms with Gasteiger partial charge in [-0.25, -0.2) is 9.18 Å². The molecule has 1 fully saturated rings. The molecule has 8 heteroatoms. The summed E-state index contributed by atoms with van der Waals surface area (Å²) >= 11 is 0. The zero-order chi connectivity index (χ0) is 18.2. The molecule has 2 rings (SSSR count). The molecule has 1 saturated heterocycles. The Balaban J connectivity index is 1.81. The van der Waals surface area contributed by atoms with Crippen LogP contribution in [0.2, 0.25) is 0 Å². The number of aliphatic hydroxyl groups excluding tert-OH is 1. The fourth-order valence-electron chi connectivity index (χ4n) is 2.94. The summed E-state index contributed by atoms with van der Waals surface area (Å²) in [6, 6.07) is 3.73. The molecular formula is C17H25FN4O3. The van der Waals surface area contributed by atoms with Crippen molar-refractivity contribution in [2.45, 2.75) is 32.2 Å². The van der Waals surface area contributed by atoms with E-state index in [0.717, 1.165) is 25.8 Å². The van der Waals surface area contributed by atoms with E-state index in [-0.39, 0.29) is 24.2 Å². The minimum absolute atomic E-state index is 0.0180. The topological polar surface area (TPSA) is 93.7 Å². The minimum atomic E-state index is -0.568. The molecule has 1 atom stereocenters. The van der Waals surface area contributed by atoms with Gasteiger partial charge in [-0.2, -0.15) is 0 Å². The Kier molecular flexibility index (Phi) is 7.15. The van der Waals surface area contributed by atoms with Gasteiger partial charge in [-0.05, 0) is 37.6 Å². The maximum Gasteiger partial charge on any atom is 0.319 e. The summed E-state index contributed by atoms with van der Waals surface area (Å²) in [4.78, 5) is 25.2. The van der Waals surface area contributed by atoms with Crippen LogP contribution in [-0.2, 0) is 4.79 Å². The Morgan fingerprint density at radius 1 is 1.32 bits per heavy atom. The third-order valence-corrected chi connectivity index (χ3v) is 4.18. The SMILES string of the molecule is CC(=O)Nc1cc(NC(=O)NCCN2CCCC[C@@H]2CO)ccc1F. The van der Waals surface area contributed by atoms with Gasteiger partial charge in [-0.3, -0.25) is 9.69 Å². The summed E-state index contributed by atoms with van der Waals surface area (Å²) in [6.07, 6.45) is 3.20. The monoisotopic (exact) mass is 352 g/mol. The summed E-state index contributed by atoms with van der Waals surface area (Å²) in [5.41, 5.74) is 0.401. The summed E-state index contributed by atoms with van der Waals surface area (Å²) in [5, 5.41) is 17.1. The Hall–Kier alpha value is -2.19. The Morgan fingerprint density at radius 3 is 2.84 bits per heavy atom. The second-order valence-corrected chi connectivity index (χ2v) is 6.12. The molecule has 4 N–H and O–H groups in total. The first kappa shape index (κ1) is 19.1. The molecule has 0 unspecified atom stereocenters. The number of hydrogen-bond donors (Lipinski definition) is 4. The highest BCUT2D eigenvalue weighted by Crippen LogP contribution is 2.19. The first-order valence-electron chi connectivity index (χ1n) is 8.46. The van der Waals surface area contributed by atoms with Gasteiger partial charge in [-0.15, -0.1) is 0 Å². The van der Waals surface area contributed by atoms with Crippen molar-refractivity contribution in [2.24, 2.45) is 0 Å². The lowest BCUT2D eigenvalue weighted by Gasteiger charge is -2.34. The van der Waals surface area contributed by atoms with Crippen LogP contribution in [0.4, 0.5) is 20.6 Å². The zero-order valence-electron chi connectivity index (χ0n) is 14.3. The third-order valence-electron chi connectivity index (χ3n) is 4.18. The van der Waals surface area contributed by atoms with Gasteiger partial charge in [0.2, 0.25) is 5.91 Å². The Labute approximate surface area is 146 Å². The van der Waals surface area contributed by atoms with Crippen molar-refractivity contribution in [3.8, 4) is 0 Å².